The Hall–Kier alpha value is -1.70. The molecule has 0 aliphatic heterocycles. The monoisotopic (exact) mass is 442 g/mol. The van der Waals surface area contributed by atoms with E-state index in [0.29, 0.717) is 24.0 Å². The van der Waals surface area contributed by atoms with E-state index in [4.69, 9.17) is 0 Å². The van der Waals surface area contributed by atoms with Gasteiger partial charge in [-0.25, -0.2) is 8.78 Å². The lowest BCUT2D eigenvalue weighted by atomic mass is 9.77. The zero-order chi connectivity index (χ0) is 24.9. The third kappa shape index (κ3) is 6.00. The van der Waals surface area contributed by atoms with Gasteiger partial charge in [-0.1, -0.05) is 107 Å². The minimum absolute atomic E-state index is 0.0841. The predicted molar refractivity (Wildman–Crippen MR) is 135 cm³/mol. The maximum atomic E-state index is 15.6. The fraction of sp³-hybridized carbons (Fsp3) is 0.600. The summed E-state index contributed by atoms with van der Waals surface area (Å²) < 4.78 is 31.2. The quantitative estimate of drug-likeness (QED) is 0.445. The Morgan fingerprint density at radius 1 is 0.469 bits per heavy atom. The molecule has 0 atom stereocenters. The molecule has 0 aromatic heterocycles. The summed E-state index contributed by atoms with van der Waals surface area (Å²) >= 11 is 0. The van der Waals surface area contributed by atoms with Gasteiger partial charge in [-0.05, 0) is 67.9 Å². The van der Waals surface area contributed by atoms with Crippen molar-refractivity contribution in [2.75, 3.05) is 0 Å². The largest absolute Gasteiger partial charge is 0.206 e. The van der Waals surface area contributed by atoms with Crippen LogP contribution in [0.15, 0.2) is 24.3 Å². The van der Waals surface area contributed by atoms with Crippen LogP contribution >= 0.6 is 0 Å². The van der Waals surface area contributed by atoms with Crippen LogP contribution in [-0.2, 0) is 34.5 Å². The molecule has 0 heterocycles. The van der Waals surface area contributed by atoms with Gasteiger partial charge in [-0.3, -0.25) is 0 Å². The highest BCUT2D eigenvalue weighted by Gasteiger charge is 2.27. The molecule has 0 spiro atoms. The summed E-state index contributed by atoms with van der Waals surface area (Å²) in [5.74, 6) is -0.289. The van der Waals surface area contributed by atoms with Crippen LogP contribution in [0.1, 0.15) is 116 Å². The molecule has 32 heavy (non-hydrogen) atoms. The summed E-state index contributed by atoms with van der Waals surface area (Å²) in [6.07, 6.45) is 0.958. The van der Waals surface area contributed by atoms with Crippen LogP contribution in [0.5, 0.6) is 0 Å². The molecule has 2 heteroatoms. The minimum atomic E-state index is -0.295. The van der Waals surface area contributed by atoms with Crippen LogP contribution in [-0.4, -0.2) is 0 Å². The molecule has 0 bridgehead atoms. The molecule has 2 rings (SSSR count). The molecule has 0 radical (unpaired) electrons. The van der Waals surface area contributed by atoms with E-state index in [1.165, 1.54) is 0 Å². The van der Waals surface area contributed by atoms with E-state index < -0.39 is 0 Å². The van der Waals surface area contributed by atoms with Crippen molar-refractivity contribution < 1.29 is 8.78 Å². The van der Waals surface area contributed by atoms with E-state index >= 15 is 8.78 Å². The first-order chi connectivity index (χ1) is 14.2. The maximum Gasteiger partial charge on any atom is 0.130 e. The van der Waals surface area contributed by atoms with Crippen LogP contribution in [0.3, 0.4) is 0 Å². The third-order valence-electron chi connectivity index (χ3n) is 6.31. The van der Waals surface area contributed by atoms with Gasteiger partial charge in [0.05, 0.1) is 0 Å². The van der Waals surface area contributed by atoms with Crippen molar-refractivity contribution in [3.05, 3.63) is 69.3 Å². The summed E-state index contributed by atoms with van der Waals surface area (Å²) in [4.78, 5) is 0. The van der Waals surface area contributed by atoms with Crippen LogP contribution in [0.4, 0.5) is 8.78 Å². The summed E-state index contributed by atoms with van der Waals surface area (Å²) in [5, 5.41) is 0. The third-order valence-corrected chi connectivity index (χ3v) is 6.31. The van der Waals surface area contributed by atoms with Gasteiger partial charge in [0.25, 0.3) is 0 Å². The van der Waals surface area contributed by atoms with Gasteiger partial charge >= 0.3 is 0 Å². The van der Waals surface area contributed by atoms with E-state index in [2.05, 4.69) is 41.5 Å². The number of benzene rings is 2. The Bertz CT molecular complexity index is 887. The van der Waals surface area contributed by atoms with E-state index in [1.54, 1.807) is 0 Å². The van der Waals surface area contributed by atoms with E-state index in [1.807, 2.05) is 65.8 Å². The number of hydrogen-bond acceptors (Lipinski definition) is 0. The Balaban J connectivity index is 2.59. The molecule has 0 saturated carbocycles. The number of rotatable bonds is 3. The van der Waals surface area contributed by atoms with Crippen LogP contribution in [0.25, 0.3) is 0 Å². The van der Waals surface area contributed by atoms with Gasteiger partial charge in [0.1, 0.15) is 11.6 Å². The molecular weight excluding hydrogens is 398 g/mol. The summed E-state index contributed by atoms with van der Waals surface area (Å²) in [5.41, 5.74) is 4.32. The van der Waals surface area contributed by atoms with Gasteiger partial charge in [0.15, 0.2) is 0 Å². The Labute approximate surface area is 195 Å². The standard InChI is InChI=1S/C30H44F2/c1-27(2,3)21-15-19(25(31)23(17-21)29(7,8)9)13-14-20-16-22(28(4,5)6)18-24(26(20)32)30(10,11)12/h15-18H,13-14H2,1-12H3. The first kappa shape index (κ1) is 26.6. The van der Waals surface area contributed by atoms with Crippen molar-refractivity contribution in [3.63, 3.8) is 0 Å². The molecule has 0 unspecified atom stereocenters. The van der Waals surface area contributed by atoms with E-state index in [-0.39, 0.29) is 33.3 Å². The highest BCUT2D eigenvalue weighted by Crippen LogP contribution is 2.35. The average Bonchev–Trinajstić information content (AvgIpc) is 2.57. The van der Waals surface area contributed by atoms with Crippen molar-refractivity contribution in [1.82, 2.24) is 0 Å². The lowest BCUT2D eigenvalue weighted by molar-refractivity contribution is 0.499. The summed E-state index contributed by atoms with van der Waals surface area (Å²) in [7, 11) is 0. The second-order valence-electron chi connectivity index (χ2n) is 13.5. The number of halogens is 2. The smallest absolute Gasteiger partial charge is 0.130 e. The van der Waals surface area contributed by atoms with Gasteiger partial charge in [0, 0.05) is 0 Å². The molecule has 0 aliphatic carbocycles. The molecule has 0 nitrogen and oxygen atoms in total. The molecule has 2 aromatic rings. The molecular formula is C30H44F2. The van der Waals surface area contributed by atoms with Crippen molar-refractivity contribution in [2.45, 2.75) is 118 Å². The van der Waals surface area contributed by atoms with Gasteiger partial charge < -0.3 is 0 Å². The highest BCUT2D eigenvalue weighted by molar-refractivity contribution is 5.41. The SMILES string of the molecule is CC(C)(C)c1cc(CCc2cc(C(C)(C)C)cc(C(C)(C)C)c2F)c(F)c(C(C)(C)C)c1. The first-order valence-corrected chi connectivity index (χ1v) is 11.9. The van der Waals surface area contributed by atoms with E-state index in [0.717, 1.165) is 22.3 Å². The Morgan fingerprint density at radius 2 is 0.750 bits per heavy atom. The average molecular weight is 443 g/mol. The molecule has 0 amide bonds. The first-order valence-electron chi connectivity index (χ1n) is 11.9. The Kier molecular flexibility index (Phi) is 7.12. The second-order valence-corrected chi connectivity index (χ2v) is 13.5. The topological polar surface area (TPSA) is 0 Å². The fourth-order valence-corrected chi connectivity index (χ4v) is 3.96. The molecule has 0 aliphatic rings. The van der Waals surface area contributed by atoms with Crippen LogP contribution in [0.2, 0.25) is 0 Å². The molecule has 0 saturated heterocycles. The number of hydrogen-bond donors (Lipinski definition) is 0. The highest BCUT2D eigenvalue weighted by atomic mass is 19.1. The fourth-order valence-electron chi connectivity index (χ4n) is 3.96. The lowest BCUT2D eigenvalue weighted by Gasteiger charge is -2.28. The van der Waals surface area contributed by atoms with Gasteiger partial charge in [-0.15, -0.1) is 0 Å². The molecule has 178 valence electrons. The summed E-state index contributed by atoms with van der Waals surface area (Å²) in [6.45, 7) is 25.2. The normalized spacial score (nSPS) is 13.6. The zero-order valence-corrected chi connectivity index (χ0v) is 22.5. The molecule has 2 aromatic carbocycles. The maximum absolute atomic E-state index is 15.6. The van der Waals surface area contributed by atoms with Crippen molar-refractivity contribution in [3.8, 4) is 0 Å². The Morgan fingerprint density at radius 3 is 0.969 bits per heavy atom. The van der Waals surface area contributed by atoms with Crippen LogP contribution in [0, 0.1) is 11.6 Å². The number of aryl methyl sites for hydroxylation is 2. The summed E-state index contributed by atoms with van der Waals surface area (Å²) in [6, 6.07) is 8.00. The molecule has 0 N–H and O–H groups in total. The van der Waals surface area contributed by atoms with Crippen molar-refractivity contribution >= 4 is 0 Å². The van der Waals surface area contributed by atoms with Gasteiger partial charge in [0.2, 0.25) is 0 Å². The second kappa shape index (κ2) is 8.58. The van der Waals surface area contributed by atoms with E-state index in [9.17, 15) is 0 Å². The van der Waals surface area contributed by atoms with Crippen molar-refractivity contribution in [2.24, 2.45) is 0 Å². The zero-order valence-electron chi connectivity index (χ0n) is 22.5. The molecule has 0 fully saturated rings. The minimum Gasteiger partial charge on any atom is -0.206 e. The lowest BCUT2D eigenvalue weighted by Crippen LogP contribution is -2.21. The van der Waals surface area contributed by atoms with Crippen molar-refractivity contribution in [1.29, 1.82) is 0 Å². The van der Waals surface area contributed by atoms with Gasteiger partial charge in [-0.2, -0.15) is 0 Å². The predicted octanol–water partition coefficient (Wildman–Crippen LogP) is 8.94. The van der Waals surface area contributed by atoms with Crippen LogP contribution < -0.4 is 0 Å².